The minimum absolute atomic E-state index is 0.137. The molecule has 3 aromatic heterocycles. The Labute approximate surface area is 172 Å². The van der Waals surface area contributed by atoms with Crippen LogP contribution in [0.5, 0.6) is 0 Å². The largest absolute Gasteiger partial charge is 0.444 e. The van der Waals surface area contributed by atoms with Crippen molar-refractivity contribution in [1.29, 1.82) is 0 Å². The van der Waals surface area contributed by atoms with Crippen LogP contribution >= 0.6 is 11.3 Å². The van der Waals surface area contributed by atoms with E-state index in [-0.39, 0.29) is 18.4 Å². The molecule has 0 spiro atoms. The Balaban J connectivity index is 1.31. The third kappa shape index (κ3) is 3.61. The average molecular weight is 404 g/mol. The van der Waals surface area contributed by atoms with Crippen LogP contribution in [0.3, 0.4) is 0 Å². The number of fused-ring (bicyclic) bond motifs is 1. The zero-order valence-corrected chi connectivity index (χ0v) is 16.6. The second-order valence-electron chi connectivity index (χ2n) is 7.11. The maximum Gasteiger partial charge on any atom is 0.236 e. The highest BCUT2D eigenvalue weighted by molar-refractivity contribution is 7.13. The molecule has 1 unspecified atom stereocenters. The van der Waals surface area contributed by atoms with E-state index in [1.165, 1.54) is 11.1 Å². The number of hydrogen-bond donors (Lipinski definition) is 1. The molecule has 0 radical (unpaired) electrons. The van der Waals surface area contributed by atoms with Crippen LogP contribution in [-0.2, 0) is 17.6 Å². The first-order chi connectivity index (χ1) is 14.3. The summed E-state index contributed by atoms with van der Waals surface area (Å²) >= 11 is 1.56. The highest BCUT2D eigenvalue weighted by Crippen LogP contribution is 2.34. The lowest BCUT2D eigenvalue weighted by atomic mass is 9.88. The molecular formula is C22H20N4O2S. The first kappa shape index (κ1) is 17.9. The molecular weight excluding hydrogens is 384 g/mol. The molecule has 6 nitrogen and oxygen atoms in total. The molecule has 3 heterocycles. The molecule has 1 amide bonds. The van der Waals surface area contributed by atoms with E-state index in [1.54, 1.807) is 23.8 Å². The first-order valence-corrected chi connectivity index (χ1v) is 10.6. The van der Waals surface area contributed by atoms with Crippen molar-refractivity contribution in [1.82, 2.24) is 14.8 Å². The molecule has 4 aromatic rings. The molecule has 1 atom stereocenters. The molecule has 0 saturated carbocycles. The highest BCUT2D eigenvalue weighted by atomic mass is 32.1. The van der Waals surface area contributed by atoms with Crippen molar-refractivity contribution in [2.24, 2.45) is 0 Å². The summed E-state index contributed by atoms with van der Waals surface area (Å²) < 4.78 is 7.43. The SMILES string of the molecule is O=C(Cc1coc(-c2cccs2)n1)Nc1ccnn1C1CCCc2ccccc21. The zero-order chi connectivity index (χ0) is 19.6. The number of hydrogen-bond acceptors (Lipinski definition) is 5. The van der Waals surface area contributed by atoms with Crippen LogP contribution < -0.4 is 5.32 Å². The number of carbonyl (C=O) groups excluding carboxylic acids is 1. The van der Waals surface area contributed by atoms with Gasteiger partial charge in [0.15, 0.2) is 0 Å². The summed E-state index contributed by atoms with van der Waals surface area (Å²) in [5, 5.41) is 9.47. The number of benzene rings is 1. The van der Waals surface area contributed by atoms with Gasteiger partial charge < -0.3 is 9.73 Å². The third-order valence-corrected chi connectivity index (χ3v) is 6.05. The van der Waals surface area contributed by atoms with Crippen LogP contribution in [-0.4, -0.2) is 20.7 Å². The Morgan fingerprint density at radius 1 is 1.24 bits per heavy atom. The topological polar surface area (TPSA) is 73.0 Å². The van der Waals surface area contributed by atoms with Crippen LogP contribution in [0.4, 0.5) is 5.82 Å². The van der Waals surface area contributed by atoms with Crippen molar-refractivity contribution < 1.29 is 9.21 Å². The Morgan fingerprint density at radius 3 is 3.07 bits per heavy atom. The maximum absolute atomic E-state index is 12.6. The molecule has 1 aliphatic rings. The van der Waals surface area contributed by atoms with Crippen molar-refractivity contribution >= 4 is 23.1 Å². The van der Waals surface area contributed by atoms with Crippen LogP contribution in [0.25, 0.3) is 10.8 Å². The Bertz CT molecular complexity index is 1130. The average Bonchev–Trinajstić information content (AvgIpc) is 3.49. The summed E-state index contributed by atoms with van der Waals surface area (Å²) in [5.74, 6) is 1.12. The minimum Gasteiger partial charge on any atom is -0.444 e. The third-order valence-electron chi connectivity index (χ3n) is 5.20. The number of aryl methyl sites for hydroxylation is 1. The van der Waals surface area contributed by atoms with Gasteiger partial charge in [0.2, 0.25) is 11.8 Å². The molecule has 29 heavy (non-hydrogen) atoms. The predicted molar refractivity (Wildman–Crippen MR) is 112 cm³/mol. The summed E-state index contributed by atoms with van der Waals surface area (Å²) in [7, 11) is 0. The normalized spacial score (nSPS) is 15.8. The van der Waals surface area contributed by atoms with E-state index < -0.39 is 0 Å². The van der Waals surface area contributed by atoms with Gasteiger partial charge in [0, 0.05) is 6.07 Å². The fourth-order valence-corrected chi connectivity index (χ4v) is 4.55. The molecule has 0 fully saturated rings. The lowest BCUT2D eigenvalue weighted by Crippen LogP contribution is -2.23. The van der Waals surface area contributed by atoms with Gasteiger partial charge in [0.1, 0.15) is 12.1 Å². The number of nitrogens with one attached hydrogen (secondary N) is 1. The van der Waals surface area contributed by atoms with Crippen molar-refractivity contribution in [3.63, 3.8) is 0 Å². The van der Waals surface area contributed by atoms with Crippen LogP contribution in [0, 0.1) is 0 Å². The number of amides is 1. The summed E-state index contributed by atoms with van der Waals surface area (Å²) in [5.41, 5.74) is 3.26. The Hall–Kier alpha value is -3.19. The lowest BCUT2D eigenvalue weighted by Gasteiger charge is -2.27. The standard InChI is InChI=1S/C22H20N4O2S/c27-21(13-16-14-28-22(24-16)19-9-4-12-29-19)25-20-10-11-23-26(20)18-8-3-6-15-5-1-2-7-17(15)18/h1-2,4-5,7,9-12,14,18H,3,6,8,13H2,(H,25,27). The molecule has 0 aliphatic heterocycles. The number of thiophene rings is 1. The van der Waals surface area contributed by atoms with E-state index in [0.29, 0.717) is 17.4 Å². The van der Waals surface area contributed by atoms with Gasteiger partial charge in [0.05, 0.1) is 29.2 Å². The molecule has 1 N–H and O–H groups in total. The molecule has 146 valence electrons. The maximum atomic E-state index is 12.6. The monoisotopic (exact) mass is 404 g/mol. The zero-order valence-electron chi connectivity index (χ0n) is 15.7. The van der Waals surface area contributed by atoms with E-state index in [0.717, 1.165) is 24.1 Å². The van der Waals surface area contributed by atoms with Crippen molar-refractivity contribution in [3.05, 3.63) is 77.1 Å². The first-order valence-electron chi connectivity index (χ1n) is 9.67. The van der Waals surface area contributed by atoms with E-state index in [1.807, 2.05) is 28.3 Å². The predicted octanol–water partition coefficient (Wildman–Crippen LogP) is 4.71. The van der Waals surface area contributed by atoms with Crippen molar-refractivity contribution in [2.45, 2.75) is 31.7 Å². The summed E-state index contributed by atoms with van der Waals surface area (Å²) in [4.78, 5) is 18.0. The number of carbonyl (C=O) groups is 1. The quantitative estimate of drug-likeness (QED) is 0.523. The van der Waals surface area contributed by atoms with Gasteiger partial charge in [-0.2, -0.15) is 5.10 Å². The molecule has 1 aromatic carbocycles. The van der Waals surface area contributed by atoms with Crippen LogP contribution in [0.15, 0.2) is 64.7 Å². The fourth-order valence-electron chi connectivity index (χ4n) is 3.90. The van der Waals surface area contributed by atoms with Gasteiger partial charge in [0.25, 0.3) is 0 Å². The van der Waals surface area contributed by atoms with Gasteiger partial charge in [-0.25, -0.2) is 9.67 Å². The van der Waals surface area contributed by atoms with Gasteiger partial charge in [-0.15, -0.1) is 11.3 Å². The fraction of sp³-hybridized carbons (Fsp3) is 0.227. The molecule has 7 heteroatoms. The number of rotatable bonds is 5. The summed E-state index contributed by atoms with van der Waals surface area (Å²) in [6.07, 6.45) is 6.64. The number of oxazole rings is 1. The number of nitrogens with zero attached hydrogens (tertiary/aromatic N) is 3. The molecule has 0 saturated heterocycles. The molecule has 0 bridgehead atoms. The molecule has 5 rings (SSSR count). The smallest absolute Gasteiger partial charge is 0.236 e. The highest BCUT2D eigenvalue weighted by Gasteiger charge is 2.24. The number of anilines is 1. The van der Waals surface area contributed by atoms with E-state index in [4.69, 9.17) is 4.42 Å². The van der Waals surface area contributed by atoms with E-state index in [9.17, 15) is 4.79 Å². The summed E-state index contributed by atoms with van der Waals surface area (Å²) in [6.45, 7) is 0. The molecule has 1 aliphatic carbocycles. The van der Waals surface area contributed by atoms with Crippen LogP contribution in [0.1, 0.15) is 35.7 Å². The van der Waals surface area contributed by atoms with E-state index >= 15 is 0 Å². The second kappa shape index (κ2) is 7.67. The minimum atomic E-state index is -0.137. The lowest BCUT2D eigenvalue weighted by molar-refractivity contribution is -0.115. The van der Waals surface area contributed by atoms with Crippen molar-refractivity contribution in [2.75, 3.05) is 5.32 Å². The van der Waals surface area contributed by atoms with Crippen LogP contribution in [0.2, 0.25) is 0 Å². The Morgan fingerprint density at radius 2 is 2.17 bits per heavy atom. The second-order valence-corrected chi connectivity index (χ2v) is 8.06. The van der Waals surface area contributed by atoms with Crippen molar-refractivity contribution in [3.8, 4) is 10.8 Å². The van der Waals surface area contributed by atoms with E-state index in [2.05, 4.69) is 39.7 Å². The Kier molecular flexibility index (Phi) is 4.73. The van der Waals surface area contributed by atoms with Gasteiger partial charge in [-0.05, 0) is 41.8 Å². The van der Waals surface area contributed by atoms with Gasteiger partial charge in [-0.3, -0.25) is 4.79 Å². The number of aromatic nitrogens is 3. The van der Waals surface area contributed by atoms with Gasteiger partial charge in [-0.1, -0.05) is 30.3 Å². The van der Waals surface area contributed by atoms with Gasteiger partial charge >= 0.3 is 0 Å². The summed E-state index contributed by atoms with van der Waals surface area (Å²) in [6, 6.07) is 14.4.